The van der Waals surface area contributed by atoms with Crippen LogP contribution in [0.1, 0.15) is 23.7 Å². The first-order valence-corrected chi connectivity index (χ1v) is 10.9. The monoisotopic (exact) mass is 491 g/mol. The number of benzene rings is 1. The third-order valence-corrected chi connectivity index (χ3v) is 8.54. The number of carboxylic acid groups (broad SMARTS) is 1. The van der Waals surface area contributed by atoms with Gasteiger partial charge in [-0.1, -0.05) is 11.6 Å². The van der Waals surface area contributed by atoms with Crippen molar-refractivity contribution in [3.05, 3.63) is 22.7 Å². The number of nitrogens with one attached hydrogen (secondary N) is 1. The highest BCUT2D eigenvalue weighted by atomic mass is 35.5. The van der Waals surface area contributed by atoms with Gasteiger partial charge in [0.2, 0.25) is 5.91 Å². The van der Waals surface area contributed by atoms with Crippen LogP contribution in [0.5, 0.6) is 11.5 Å². The SMILES string of the molecule is CN(NC(=O)c1ccc(O)c(O)c1Cl)C(=O)OC[C@@]1(C)[C@H](C(=O)O)N2C(=O)C[C@H]2S1(=O)=O. The van der Waals surface area contributed by atoms with Crippen LogP contribution in [0.4, 0.5) is 4.79 Å². The smallest absolute Gasteiger partial charge is 0.428 e. The Morgan fingerprint density at radius 3 is 2.53 bits per heavy atom. The number of nitrogens with zero attached hydrogens (tertiary/aromatic N) is 2. The molecule has 1 aromatic carbocycles. The molecule has 13 nitrogen and oxygen atoms in total. The fourth-order valence-electron chi connectivity index (χ4n) is 3.56. The maximum Gasteiger partial charge on any atom is 0.428 e. The number of rotatable bonds is 4. The Morgan fingerprint density at radius 2 is 1.97 bits per heavy atom. The fraction of sp³-hybridized carbons (Fsp3) is 0.412. The van der Waals surface area contributed by atoms with Crippen LogP contribution < -0.4 is 5.43 Å². The summed E-state index contributed by atoms with van der Waals surface area (Å²) < 4.78 is 28.4. The van der Waals surface area contributed by atoms with Gasteiger partial charge in [-0.15, -0.1) is 0 Å². The van der Waals surface area contributed by atoms with Gasteiger partial charge in [-0.3, -0.25) is 15.0 Å². The molecule has 0 radical (unpaired) electrons. The van der Waals surface area contributed by atoms with Crippen LogP contribution >= 0.6 is 11.6 Å². The van der Waals surface area contributed by atoms with Crippen LogP contribution in [0.2, 0.25) is 5.02 Å². The summed E-state index contributed by atoms with van der Waals surface area (Å²) in [6.07, 6.45) is -1.59. The van der Waals surface area contributed by atoms with Crippen molar-refractivity contribution in [1.82, 2.24) is 15.3 Å². The predicted octanol–water partition coefficient (Wildman–Crippen LogP) is -0.337. The van der Waals surface area contributed by atoms with Crippen molar-refractivity contribution in [2.24, 2.45) is 0 Å². The van der Waals surface area contributed by atoms with E-state index in [1.807, 2.05) is 0 Å². The molecule has 2 fully saturated rings. The van der Waals surface area contributed by atoms with E-state index in [4.69, 9.17) is 16.3 Å². The van der Waals surface area contributed by atoms with E-state index < -0.39 is 73.0 Å². The standard InChI is InChI=1S/C17H18ClN3O10S/c1-17(13(15(26)27)21-9(23)5-10(21)32(17,29)30)6-31-16(28)20(2)19-14(25)7-3-4-8(22)12(24)11(7)18/h3-4,10,13,22,24H,5-6H2,1-2H3,(H,19,25)(H,26,27)/t10-,13+,17+/m1/s1. The second kappa shape index (κ2) is 7.70. The summed E-state index contributed by atoms with van der Waals surface area (Å²) in [5.74, 6) is -4.49. The van der Waals surface area contributed by atoms with Crippen molar-refractivity contribution in [2.75, 3.05) is 13.7 Å². The maximum absolute atomic E-state index is 12.8. The van der Waals surface area contributed by atoms with E-state index in [0.29, 0.717) is 5.01 Å². The second-order valence-electron chi connectivity index (χ2n) is 7.41. The number of hydrazine groups is 1. The van der Waals surface area contributed by atoms with Gasteiger partial charge in [-0.2, -0.15) is 0 Å². The lowest BCUT2D eigenvalue weighted by Crippen LogP contribution is -2.58. The number of β-lactam (4-membered cyclic amide) rings is 1. The van der Waals surface area contributed by atoms with E-state index >= 15 is 0 Å². The van der Waals surface area contributed by atoms with E-state index in [1.165, 1.54) is 0 Å². The van der Waals surface area contributed by atoms with Crippen molar-refractivity contribution >= 4 is 45.3 Å². The van der Waals surface area contributed by atoms with Crippen LogP contribution in [-0.4, -0.2) is 87.3 Å². The first-order valence-electron chi connectivity index (χ1n) is 8.93. The van der Waals surface area contributed by atoms with Gasteiger partial charge in [-0.25, -0.2) is 23.0 Å². The number of carbonyl (C=O) groups excluding carboxylic acids is 3. The highest BCUT2D eigenvalue weighted by molar-refractivity contribution is 7.94. The highest BCUT2D eigenvalue weighted by Crippen LogP contribution is 2.46. The molecule has 0 spiro atoms. The number of amides is 3. The first kappa shape index (κ1) is 23.4. The minimum atomic E-state index is -4.18. The molecular weight excluding hydrogens is 474 g/mol. The summed E-state index contributed by atoms with van der Waals surface area (Å²) in [5, 5.41) is 27.2. The Balaban J connectivity index is 1.72. The van der Waals surface area contributed by atoms with E-state index in [9.17, 15) is 42.9 Å². The normalized spacial score (nSPS) is 25.5. The number of ether oxygens (including phenoxy) is 1. The Hall–Kier alpha value is -3.26. The van der Waals surface area contributed by atoms with Gasteiger partial charge in [0.25, 0.3) is 5.91 Å². The first-order chi connectivity index (χ1) is 14.7. The van der Waals surface area contributed by atoms with E-state index in [2.05, 4.69) is 5.43 Å². The van der Waals surface area contributed by atoms with Crippen LogP contribution in [0, 0.1) is 0 Å². The summed E-state index contributed by atoms with van der Waals surface area (Å²) in [6.45, 7) is 0.171. The number of phenols is 2. The lowest BCUT2D eigenvalue weighted by atomic mass is 9.97. The third-order valence-electron chi connectivity index (χ3n) is 5.41. The zero-order valence-corrected chi connectivity index (χ0v) is 18.2. The number of phenolic OH excluding ortho intramolecular Hbond substituents is 2. The molecule has 0 aromatic heterocycles. The molecule has 2 heterocycles. The third kappa shape index (κ3) is 3.35. The second-order valence-corrected chi connectivity index (χ2v) is 10.4. The topological polar surface area (TPSA) is 191 Å². The number of aromatic hydroxyl groups is 2. The molecule has 2 saturated heterocycles. The van der Waals surface area contributed by atoms with Crippen LogP contribution in [0.3, 0.4) is 0 Å². The summed E-state index contributed by atoms with van der Waals surface area (Å²) >= 11 is 5.78. The fourth-order valence-corrected chi connectivity index (χ4v) is 6.08. The molecule has 0 bridgehead atoms. The summed E-state index contributed by atoms with van der Waals surface area (Å²) in [4.78, 5) is 48.8. The maximum atomic E-state index is 12.8. The van der Waals surface area contributed by atoms with Crippen LogP contribution in [0.25, 0.3) is 0 Å². The van der Waals surface area contributed by atoms with Crippen LogP contribution in [-0.2, 0) is 24.2 Å². The van der Waals surface area contributed by atoms with Gasteiger partial charge in [0.1, 0.15) is 16.7 Å². The Bertz CT molecular complexity index is 1140. The van der Waals surface area contributed by atoms with E-state index in [1.54, 1.807) is 0 Å². The molecular formula is C17H18ClN3O10S. The molecule has 3 atom stereocenters. The van der Waals surface area contributed by atoms with Crippen LogP contribution in [0.15, 0.2) is 12.1 Å². The molecule has 1 aromatic rings. The molecule has 3 amide bonds. The van der Waals surface area contributed by atoms with Crippen molar-refractivity contribution in [1.29, 1.82) is 0 Å². The summed E-state index contributed by atoms with van der Waals surface area (Å²) in [7, 11) is -3.12. The molecule has 4 N–H and O–H groups in total. The molecule has 2 aliphatic heterocycles. The van der Waals surface area contributed by atoms with Gasteiger partial charge in [0.05, 0.1) is 17.0 Å². The van der Waals surface area contributed by atoms with Crippen molar-refractivity contribution in [2.45, 2.75) is 29.5 Å². The predicted molar refractivity (Wildman–Crippen MR) is 105 cm³/mol. The number of hydrogen-bond acceptors (Lipinski definition) is 9. The number of sulfone groups is 1. The lowest BCUT2D eigenvalue weighted by molar-refractivity contribution is -0.158. The number of aliphatic carboxylic acids is 1. The van der Waals surface area contributed by atoms with Gasteiger partial charge < -0.3 is 25.0 Å². The summed E-state index contributed by atoms with van der Waals surface area (Å²) in [5.41, 5.74) is 1.78. The zero-order chi connectivity index (χ0) is 24.2. The van der Waals surface area contributed by atoms with Gasteiger partial charge in [0, 0.05) is 7.05 Å². The zero-order valence-electron chi connectivity index (χ0n) is 16.6. The Morgan fingerprint density at radius 1 is 1.34 bits per heavy atom. The Labute approximate surface area is 186 Å². The highest BCUT2D eigenvalue weighted by Gasteiger charge is 2.70. The molecule has 32 heavy (non-hydrogen) atoms. The molecule has 0 unspecified atom stereocenters. The van der Waals surface area contributed by atoms with E-state index in [0.717, 1.165) is 31.0 Å². The Kier molecular flexibility index (Phi) is 5.63. The number of carboxylic acids is 1. The number of halogens is 1. The molecule has 0 saturated carbocycles. The molecule has 0 aliphatic carbocycles. The average Bonchev–Trinajstić information content (AvgIpc) is 2.84. The van der Waals surface area contributed by atoms with Crippen molar-refractivity contribution < 1.29 is 47.7 Å². The molecule has 174 valence electrons. The summed E-state index contributed by atoms with van der Waals surface area (Å²) in [6, 6.07) is 0.332. The van der Waals surface area contributed by atoms with Gasteiger partial charge >= 0.3 is 12.1 Å². The van der Waals surface area contributed by atoms with Gasteiger partial charge in [0.15, 0.2) is 27.4 Å². The van der Waals surface area contributed by atoms with E-state index in [-0.39, 0.29) is 12.0 Å². The molecule has 3 rings (SSSR count). The van der Waals surface area contributed by atoms with Crippen molar-refractivity contribution in [3.63, 3.8) is 0 Å². The lowest BCUT2D eigenvalue weighted by Gasteiger charge is -2.35. The van der Waals surface area contributed by atoms with Crippen molar-refractivity contribution in [3.8, 4) is 11.5 Å². The molecule has 2 aliphatic rings. The minimum Gasteiger partial charge on any atom is -0.504 e. The average molecular weight is 492 g/mol. The van der Waals surface area contributed by atoms with Gasteiger partial charge in [-0.05, 0) is 19.1 Å². The number of carbonyl (C=O) groups is 4. The number of fused-ring (bicyclic) bond motifs is 1. The quantitative estimate of drug-likeness (QED) is 0.246. The largest absolute Gasteiger partial charge is 0.504 e. The number of hydrogen-bond donors (Lipinski definition) is 4. The molecule has 15 heteroatoms. The minimum absolute atomic E-state index is 0.291.